The zero-order valence-electron chi connectivity index (χ0n) is 17.7. The molecule has 0 saturated heterocycles. The number of thiophene rings is 1. The molecule has 0 aliphatic rings. The highest BCUT2D eigenvalue weighted by Crippen LogP contribution is 2.40. The second kappa shape index (κ2) is 9.04. The van der Waals surface area contributed by atoms with Gasteiger partial charge in [-0.2, -0.15) is 15.4 Å². The minimum absolute atomic E-state index is 0.0755. The second-order valence-electron chi connectivity index (χ2n) is 7.31. The van der Waals surface area contributed by atoms with Crippen LogP contribution in [-0.2, 0) is 0 Å². The van der Waals surface area contributed by atoms with Crippen molar-refractivity contribution < 1.29 is 18.7 Å². The number of nitrogens with one attached hydrogen (secondary N) is 2. The Labute approximate surface area is 191 Å². The monoisotopic (exact) mass is 470 g/mol. The van der Waals surface area contributed by atoms with Crippen LogP contribution >= 0.6 is 11.3 Å². The van der Waals surface area contributed by atoms with Crippen molar-refractivity contribution in [1.82, 2.24) is 20.4 Å². The van der Waals surface area contributed by atoms with E-state index in [1.165, 1.54) is 6.07 Å². The maximum Gasteiger partial charge on any atom is 0.251 e. The van der Waals surface area contributed by atoms with Gasteiger partial charge in [0.25, 0.3) is 5.91 Å². The molecule has 0 aliphatic heterocycles. The summed E-state index contributed by atoms with van der Waals surface area (Å²) in [5.41, 5.74) is 7.49. The van der Waals surface area contributed by atoms with Crippen LogP contribution in [0.4, 0.5) is 19.6 Å². The number of rotatable bonds is 7. The molecule has 0 fully saturated rings. The number of aryl methyl sites for hydroxylation is 1. The third kappa shape index (κ3) is 4.45. The summed E-state index contributed by atoms with van der Waals surface area (Å²) in [5, 5.41) is 23.6. The second-order valence-corrected chi connectivity index (χ2v) is 8.36. The Bertz CT molecular complexity index is 1300. The lowest BCUT2D eigenvalue weighted by molar-refractivity contribution is 0.100. The number of aromatic nitrogens is 4. The molecule has 1 amide bonds. The van der Waals surface area contributed by atoms with E-state index in [-0.39, 0.29) is 21.6 Å². The van der Waals surface area contributed by atoms with Crippen molar-refractivity contribution in [1.29, 1.82) is 0 Å². The first-order valence-electron chi connectivity index (χ1n) is 10.00. The van der Waals surface area contributed by atoms with Gasteiger partial charge in [0.15, 0.2) is 0 Å². The Morgan fingerprint density at radius 2 is 2.00 bits per heavy atom. The van der Waals surface area contributed by atoms with E-state index in [9.17, 15) is 18.7 Å². The number of H-pyrrole nitrogens is 1. The summed E-state index contributed by atoms with van der Waals surface area (Å²) in [6.07, 6.45) is 0.917. The van der Waals surface area contributed by atoms with Crippen LogP contribution in [0, 0.1) is 18.6 Å². The summed E-state index contributed by atoms with van der Waals surface area (Å²) in [6, 6.07) is 7.00. The van der Waals surface area contributed by atoms with Crippen LogP contribution in [0.5, 0.6) is 0 Å². The van der Waals surface area contributed by atoms with Gasteiger partial charge in [-0.1, -0.05) is 6.92 Å². The number of aliphatic hydroxyl groups excluding tert-OH is 1. The Hall–Kier alpha value is -3.70. The van der Waals surface area contributed by atoms with Gasteiger partial charge < -0.3 is 16.2 Å². The molecule has 11 heteroatoms. The van der Waals surface area contributed by atoms with Gasteiger partial charge in [-0.25, -0.2) is 13.8 Å². The molecule has 0 aliphatic carbocycles. The summed E-state index contributed by atoms with van der Waals surface area (Å²) in [7, 11) is 0. The van der Waals surface area contributed by atoms with Crippen LogP contribution in [0.15, 0.2) is 36.5 Å². The van der Waals surface area contributed by atoms with Gasteiger partial charge in [0.05, 0.1) is 23.4 Å². The molecule has 170 valence electrons. The molecule has 1 atom stereocenters. The van der Waals surface area contributed by atoms with E-state index in [0.717, 1.165) is 29.0 Å². The fourth-order valence-corrected chi connectivity index (χ4v) is 4.51. The maximum atomic E-state index is 14.8. The molecule has 3 heterocycles. The molecule has 4 rings (SSSR count). The quantitative estimate of drug-likeness (QED) is 0.315. The summed E-state index contributed by atoms with van der Waals surface area (Å²) in [6.45, 7) is 3.50. The molecular weight excluding hydrogens is 450 g/mol. The highest BCUT2D eigenvalue weighted by Gasteiger charge is 2.22. The van der Waals surface area contributed by atoms with Gasteiger partial charge in [0.1, 0.15) is 28.1 Å². The lowest BCUT2D eigenvalue weighted by Crippen LogP contribution is -2.11. The highest BCUT2D eigenvalue weighted by atomic mass is 32.1. The minimum Gasteiger partial charge on any atom is -0.388 e. The van der Waals surface area contributed by atoms with E-state index < -0.39 is 23.6 Å². The molecule has 1 aromatic carbocycles. The first-order valence-corrected chi connectivity index (χ1v) is 10.8. The number of nitrogens with two attached hydrogens (primary N) is 1. The number of aromatic amines is 1. The molecule has 0 bridgehead atoms. The van der Waals surface area contributed by atoms with Crippen molar-refractivity contribution in [3.8, 4) is 21.7 Å². The molecule has 0 spiro atoms. The number of carbonyl (C=O) groups is 1. The number of nitrogens with zero attached hydrogens (tertiary/aromatic N) is 3. The predicted octanol–water partition coefficient (Wildman–Crippen LogP) is 4.47. The molecule has 33 heavy (non-hydrogen) atoms. The van der Waals surface area contributed by atoms with E-state index in [4.69, 9.17) is 5.73 Å². The number of amides is 1. The van der Waals surface area contributed by atoms with Gasteiger partial charge in [-0.15, -0.1) is 11.3 Å². The van der Waals surface area contributed by atoms with Crippen molar-refractivity contribution in [2.24, 2.45) is 5.73 Å². The zero-order valence-corrected chi connectivity index (χ0v) is 18.5. The number of pyridine rings is 1. The van der Waals surface area contributed by atoms with E-state index >= 15 is 0 Å². The molecular formula is C22H20F2N6O2S. The average molecular weight is 471 g/mol. The van der Waals surface area contributed by atoms with Gasteiger partial charge in [-0.05, 0) is 49.2 Å². The standard InChI is InChI=1S/C22H20F2N6O2S/c1-3-17(31)11-6-14(23)20(15(24)7-11)18-8-13(21(25)32)22(33-18)28-19-5-4-12(10(2)27-19)16-9-26-30-29-16/h4-9,17,31H,3H2,1-2H3,(H2,25,32)(H,27,28)(H,26,29,30). The fourth-order valence-electron chi connectivity index (χ4n) is 3.40. The van der Waals surface area contributed by atoms with Crippen LogP contribution in [0.3, 0.4) is 0 Å². The zero-order chi connectivity index (χ0) is 23.7. The summed E-state index contributed by atoms with van der Waals surface area (Å²) < 4.78 is 29.6. The number of halogens is 2. The van der Waals surface area contributed by atoms with Gasteiger partial charge >= 0.3 is 0 Å². The SMILES string of the molecule is CCC(O)c1cc(F)c(-c2cc(C(N)=O)c(Nc3ccc(-c4cn[nH]n4)c(C)n3)s2)c(F)c1. The van der Waals surface area contributed by atoms with E-state index in [0.29, 0.717) is 28.6 Å². The molecule has 3 aromatic heterocycles. The van der Waals surface area contributed by atoms with Crippen molar-refractivity contribution in [3.63, 3.8) is 0 Å². The molecule has 0 radical (unpaired) electrons. The first kappa shape index (κ1) is 22.5. The number of carbonyl (C=O) groups excluding carboxylic acids is 1. The summed E-state index contributed by atoms with van der Waals surface area (Å²) >= 11 is 0.970. The molecule has 0 saturated carbocycles. The Morgan fingerprint density at radius 3 is 2.58 bits per heavy atom. The van der Waals surface area contributed by atoms with Crippen LogP contribution < -0.4 is 11.1 Å². The number of anilines is 2. The topological polar surface area (TPSA) is 130 Å². The molecule has 8 nitrogen and oxygen atoms in total. The van der Waals surface area contributed by atoms with Crippen LogP contribution in [0.2, 0.25) is 0 Å². The lowest BCUT2D eigenvalue weighted by Gasteiger charge is -2.11. The normalized spacial score (nSPS) is 12.0. The van der Waals surface area contributed by atoms with Gasteiger partial charge in [0, 0.05) is 16.1 Å². The number of hydrogen-bond acceptors (Lipinski definition) is 7. The van der Waals surface area contributed by atoms with E-state index in [1.807, 2.05) is 0 Å². The maximum absolute atomic E-state index is 14.8. The number of benzene rings is 1. The van der Waals surface area contributed by atoms with E-state index in [2.05, 4.69) is 25.7 Å². The fraction of sp³-hybridized carbons (Fsp3) is 0.182. The predicted molar refractivity (Wildman–Crippen MR) is 121 cm³/mol. The number of hydrogen-bond donors (Lipinski definition) is 4. The van der Waals surface area contributed by atoms with Gasteiger partial charge in [-0.3, -0.25) is 4.79 Å². The molecule has 1 unspecified atom stereocenters. The number of aliphatic hydroxyl groups is 1. The Kier molecular flexibility index (Phi) is 6.16. The van der Waals surface area contributed by atoms with Crippen LogP contribution in [0.25, 0.3) is 21.7 Å². The smallest absolute Gasteiger partial charge is 0.251 e. The Morgan fingerprint density at radius 1 is 1.27 bits per heavy atom. The third-order valence-electron chi connectivity index (χ3n) is 5.10. The van der Waals surface area contributed by atoms with E-state index in [1.54, 1.807) is 32.2 Å². The van der Waals surface area contributed by atoms with Crippen molar-refractivity contribution in [2.45, 2.75) is 26.4 Å². The summed E-state index contributed by atoms with van der Waals surface area (Å²) in [5.74, 6) is -2.02. The third-order valence-corrected chi connectivity index (χ3v) is 6.17. The van der Waals surface area contributed by atoms with Crippen molar-refractivity contribution in [2.75, 3.05) is 5.32 Å². The van der Waals surface area contributed by atoms with Crippen molar-refractivity contribution in [3.05, 3.63) is 65.0 Å². The van der Waals surface area contributed by atoms with Gasteiger partial charge in [0.2, 0.25) is 0 Å². The first-order chi connectivity index (χ1) is 15.8. The van der Waals surface area contributed by atoms with Crippen molar-refractivity contribution >= 4 is 28.1 Å². The average Bonchev–Trinajstić information content (AvgIpc) is 3.43. The summed E-state index contributed by atoms with van der Waals surface area (Å²) in [4.78, 5) is 16.7. The minimum atomic E-state index is -0.973. The lowest BCUT2D eigenvalue weighted by atomic mass is 10.0. The molecule has 5 N–H and O–H groups in total. The Balaban J connectivity index is 1.70. The van der Waals surface area contributed by atoms with Crippen LogP contribution in [0.1, 0.15) is 41.1 Å². The molecule has 4 aromatic rings. The van der Waals surface area contributed by atoms with Crippen LogP contribution in [-0.4, -0.2) is 31.4 Å². The number of primary amides is 1. The highest BCUT2D eigenvalue weighted by molar-refractivity contribution is 7.20. The largest absolute Gasteiger partial charge is 0.388 e.